The largest absolute Gasteiger partial charge is 0.317 e. The maximum atomic E-state index is 13.8. The molecule has 1 aliphatic heterocycles. The second-order valence-corrected chi connectivity index (χ2v) is 12.1. The summed E-state index contributed by atoms with van der Waals surface area (Å²) in [6.07, 6.45) is 2.20. The van der Waals surface area contributed by atoms with Crippen LogP contribution in [0.5, 0.6) is 0 Å². The van der Waals surface area contributed by atoms with Crippen LogP contribution in [0.15, 0.2) is 71.1 Å². The summed E-state index contributed by atoms with van der Waals surface area (Å²) < 4.78 is 0. The van der Waals surface area contributed by atoms with Crippen molar-refractivity contribution >= 4 is 22.9 Å². The van der Waals surface area contributed by atoms with Gasteiger partial charge in [0.1, 0.15) is 0 Å². The lowest BCUT2D eigenvalue weighted by molar-refractivity contribution is -0.384. The molecule has 2 aliphatic carbocycles. The lowest BCUT2D eigenvalue weighted by Crippen LogP contribution is -2.44. The van der Waals surface area contributed by atoms with Gasteiger partial charge in [0.2, 0.25) is 0 Å². The number of nitro benzene ring substituents is 1. The zero-order chi connectivity index (χ0) is 26.0. The average Bonchev–Trinajstić information content (AvgIpc) is 2.77. The monoisotopic (exact) mass is 484 g/mol. The van der Waals surface area contributed by atoms with E-state index >= 15 is 0 Å². The van der Waals surface area contributed by atoms with Crippen molar-refractivity contribution in [1.29, 1.82) is 0 Å². The molecule has 0 unspecified atom stereocenters. The Kier molecular flexibility index (Phi) is 5.54. The number of nitrogens with zero attached hydrogens (tertiary/aromatic N) is 2. The number of hydrogen-bond acceptors (Lipinski definition) is 5. The summed E-state index contributed by atoms with van der Waals surface area (Å²) in [6.45, 7) is 10.4. The number of carbonyl (C=O) groups excluding carboxylic acids is 2. The number of carbonyl (C=O) groups is 2. The number of benzene rings is 2. The van der Waals surface area contributed by atoms with E-state index in [1.54, 1.807) is 12.1 Å². The van der Waals surface area contributed by atoms with Crippen molar-refractivity contribution < 1.29 is 14.5 Å². The van der Waals surface area contributed by atoms with Crippen molar-refractivity contribution in [2.75, 3.05) is 4.90 Å². The van der Waals surface area contributed by atoms with E-state index in [-0.39, 0.29) is 28.1 Å². The van der Waals surface area contributed by atoms with Crippen LogP contribution in [0.1, 0.15) is 70.4 Å². The van der Waals surface area contributed by atoms with Gasteiger partial charge in [0, 0.05) is 59.1 Å². The number of Topliss-reactive ketones (excluding diaryl/α,β-unsaturated/α-hetero) is 2. The highest BCUT2D eigenvalue weighted by atomic mass is 16.6. The smallest absolute Gasteiger partial charge is 0.269 e. The number of rotatable bonds is 3. The third-order valence-corrected chi connectivity index (χ3v) is 7.64. The minimum Gasteiger partial charge on any atom is -0.317 e. The standard InChI is InChI=1S/C30H32N2O4/c1-18-6-8-19(9-7-18)26-27-22(14-29(2,3)16-24(27)33)31(20-10-12-21(13-11-20)32(35)36)23-15-30(4,5)17-25(34)28(23)26/h6-13,26H,14-17H2,1-5H3. The maximum absolute atomic E-state index is 13.8. The van der Waals surface area contributed by atoms with E-state index in [4.69, 9.17) is 0 Å². The molecular weight excluding hydrogens is 452 g/mol. The van der Waals surface area contributed by atoms with E-state index < -0.39 is 10.8 Å². The molecule has 2 aromatic rings. The minimum absolute atomic E-state index is 0.0109. The van der Waals surface area contributed by atoms with E-state index in [0.717, 1.165) is 28.2 Å². The summed E-state index contributed by atoms with van der Waals surface area (Å²) in [5.74, 6) is -0.247. The molecule has 2 aromatic carbocycles. The van der Waals surface area contributed by atoms with E-state index in [2.05, 4.69) is 32.6 Å². The third-order valence-electron chi connectivity index (χ3n) is 7.64. The molecule has 36 heavy (non-hydrogen) atoms. The fraction of sp³-hybridized carbons (Fsp3) is 0.400. The van der Waals surface area contributed by atoms with Crippen LogP contribution in [-0.4, -0.2) is 16.5 Å². The molecular formula is C30H32N2O4. The van der Waals surface area contributed by atoms with Gasteiger partial charge in [-0.2, -0.15) is 0 Å². The van der Waals surface area contributed by atoms with Crippen molar-refractivity contribution in [1.82, 2.24) is 0 Å². The first-order chi connectivity index (χ1) is 16.9. The maximum Gasteiger partial charge on any atom is 0.269 e. The van der Waals surface area contributed by atoms with Gasteiger partial charge in [0.25, 0.3) is 5.69 Å². The first kappa shape index (κ1) is 24.2. The lowest BCUT2D eigenvalue weighted by atomic mass is 9.63. The molecule has 0 atom stereocenters. The molecule has 0 saturated heterocycles. The summed E-state index contributed by atoms with van der Waals surface area (Å²) >= 11 is 0. The highest BCUT2D eigenvalue weighted by Gasteiger charge is 2.49. The quantitative estimate of drug-likeness (QED) is 0.354. The van der Waals surface area contributed by atoms with E-state index in [1.807, 2.05) is 31.2 Å². The van der Waals surface area contributed by atoms with Gasteiger partial charge in [-0.3, -0.25) is 19.7 Å². The van der Waals surface area contributed by atoms with Crippen LogP contribution < -0.4 is 4.90 Å². The van der Waals surface area contributed by atoms with E-state index in [0.29, 0.717) is 36.8 Å². The Labute approximate surface area is 211 Å². The molecule has 6 heteroatoms. The van der Waals surface area contributed by atoms with Crippen LogP contribution in [0.25, 0.3) is 0 Å². The van der Waals surface area contributed by atoms with Gasteiger partial charge < -0.3 is 4.90 Å². The Bertz CT molecular complexity index is 1290. The molecule has 0 spiro atoms. The van der Waals surface area contributed by atoms with E-state index in [9.17, 15) is 19.7 Å². The van der Waals surface area contributed by atoms with Crippen LogP contribution in [0.2, 0.25) is 0 Å². The molecule has 0 N–H and O–H groups in total. The summed E-state index contributed by atoms with van der Waals surface area (Å²) in [5.41, 5.74) is 5.60. The molecule has 6 nitrogen and oxygen atoms in total. The summed E-state index contributed by atoms with van der Waals surface area (Å²) in [6, 6.07) is 14.6. The molecule has 0 aromatic heterocycles. The number of anilines is 1. The molecule has 0 radical (unpaired) electrons. The molecule has 1 heterocycles. The van der Waals surface area contributed by atoms with Gasteiger partial charge >= 0.3 is 0 Å². The Morgan fingerprint density at radius 1 is 0.778 bits per heavy atom. The Morgan fingerprint density at radius 2 is 1.25 bits per heavy atom. The Morgan fingerprint density at radius 3 is 1.69 bits per heavy atom. The summed E-state index contributed by atoms with van der Waals surface area (Å²) in [5, 5.41) is 11.3. The van der Waals surface area contributed by atoms with Gasteiger partial charge in [0.05, 0.1) is 4.92 Å². The molecule has 186 valence electrons. The number of non-ortho nitro benzene ring substituents is 1. The van der Waals surface area contributed by atoms with Gasteiger partial charge in [-0.25, -0.2) is 0 Å². The SMILES string of the molecule is Cc1ccc(C2C3=C(CC(C)(C)CC3=O)N(c3ccc([N+](=O)[O-])cc3)C3=C2C(=O)CC(C)(C)C3)cc1. The molecule has 0 fully saturated rings. The number of nitro groups is 1. The predicted molar refractivity (Wildman–Crippen MR) is 140 cm³/mol. The Hall–Kier alpha value is -3.54. The van der Waals surface area contributed by atoms with Crippen molar-refractivity contribution in [2.24, 2.45) is 10.8 Å². The average molecular weight is 485 g/mol. The first-order valence-electron chi connectivity index (χ1n) is 12.5. The fourth-order valence-electron chi connectivity index (χ4n) is 6.09. The van der Waals surface area contributed by atoms with Crippen LogP contribution in [-0.2, 0) is 9.59 Å². The number of hydrogen-bond donors (Lipinski definition) is 0. The fourth-order valence-corrected chi connectivity index (χ4v) is 6.09. The second-order valence-electron chi connectivity index (χ2n) is 12.1. The molecule has 0 amide bonds. The van der Waals surface area contributed by atoms with Gasteiger partial charge in [-0.05, 0) is 48.3 Å². The Balaban J connectivity index is 1.80. The third kappa shape index (κ3) is 4.08. The van der Waals surface area contributed by atoms with Crippen molar-refractivity contribution in [2.45, 2.75) is 66.2 Å². The summed E-state index contributed by atoms with van der Waals surface area (Å²) in [7, 11) is 0. The molecule has 0 saturated carbocycles. The van der Waals surface area contributed by atoms with Gasteiger partial charge in [0.15, 0.2) is 11.6 Å². The van der Waals surface area contributed by atoms with Crippen molar-refractivity contribution in [3.05, 3.63) is 92.3 Å². The van der Waals surface area contributed by atoms with Crippen LogP contribution in [0, 0.1) is 27.9 Å². The number of allylic oxidation sites excluding steroid dienone is 4. The van der Waals surface area contributed by atoms with Crippen LogP contribution in [0.3, 0.4) is 0 Å². The second kappa shape index (κ2) is 8.26. The normalized spacial score (nSPS) is 21.4. The topological polar surface area (TPSA) is 80.5 Å². The molecule has 3 aliphatic rings. The van der Waals surface area contributed by atoms with Crippen molar-refractivity contribution in [3.8, 4) is 0 Å². The molecule has 5 rings (SSSR count). The highest BCUT2D eigenvalue weighted by molar-refractivity contribution is 6.08. The first-order valence-corrected chi connectivity index (χ1v) is 12.5. The molecule has 0 bridgehead atoms. The van der Waals surface area contributed by atoms with Crippen molar-refractivity contribution in [3.63, 3.8) is 0 Å². The number of aryl methyl sites for hydroxylation is 1. The zero-order valence-corrected chi connectivity index (χ0v) is 21.6. The minimum atomic E-state index is -0.413. The zero-order valence-electron chi connectivity index (χ0n) is 21.6. The van der Waals surface area contributed by atoms with Crippen LogP contribution in [0.4, 0.5) is 11.4 Å². The van der Waals surface area contributed by atoms with Crippen LogP contribution >= 0.6 is 0 Å². The number of ketones is 2. The van der Waals surface area contributed by atoms with Gasteiger partial charge in [-0.15, -0.1) is 0 Å². The highest BCUT2D eigenvalue weighted by Crippen LogP contribution is 2.55. The van der Waals surface area contributed by atoms with E-state index in [1.165, 1.54) is 12.1 Å². The lowest BCUT2D eigenvalue weighted by Gasteiger charge is -2.49. The van der Waals surface area contributed by atoms with Gasteiger partial charge in [-0.1, -0.05) is 57.5 Å². The predicted octanol–water partition coefficient (Wildman–Crippen LogP) is 6.79. The summed E-state index contributed by atoms with van der Waals surface area (Å²) in [4.78, 5) is 40.6.